The normalized spacial score (nSPS) is 14.9. The SMILES string of the molecule is C1=CCCC(CNCCc2ccccc2)=C1. The summed E-state index contributed by atoms with van der Waals surface area (Å²) in [5, 5.41) is 3.50. The third kappa shape index (κ3) is 3.67. The van der Waals surface area contributed by atoms with E-state index in [2.05, 4.69) is 53.9 Å². The van der Waals surface area contributed by atoms with Crippen molar-refractivity contribution >= 4 is 0 Å². The molecule has 0 fully saturated rings. The molecule has 1 aromatic carbocycles. The number of rotatable bonds is 5. The van der Waals surface area contributed by atoms with Crippen molar-refractivity contribution in [2.45, 2.75) is 19.3 Å². The third-order valence-electron chi connectivity index (χ3n) is 2.89. The van der Waals surface area contributed by atoms with Gasteiger partial charge in [-0.2, -0.15) is 0 Å². The van der Waals surface area contributed by atoms with Crippen molar-refractivity contribution < 1.29 is 0 Å². The Morgan fingerprint density at radius 3 is 2.75 bits per heavy atom. The first-order valence-electron chi connectivity index (χ1n) is 6.04. The molecule has 16 heavy (non-hydrogen) atoms. The molecule has 0 bridgehead atoms. The molecular weight excluding hydrogens is 194 g/mol. The minimum Gasteiger partial charge on any atom is -0.313 e. The van der Waals surface area contributed by atoms with E-state index in [1.807, 2.05) is 0 Å². The lowest BCUT2D eigenvalue weighted by atomic mass is 10.1. The molecule has 84 valence electrons. The lowest BCUT2D eigenvalue weighted by molar-refractivity contribution is 0.707. The third-order valence-corrected chi connectivity index (χ3v) is 2.89. The van der Waals surface area contributed by atoms with E-state index >= 15 is 0 Å². The fourth-order valence-electron chi connectivity index (χ4n) is 1.93. The molecule has 1 aromatic rings. The molecule has 0 saturated heterocycles. The Morgan fingerprint density at radius 1 is 1.12 bits per heavy atom. The highest BCUT2D eigenvalue weighted by atomic mass is 14.8. The lowest BCUT2D eigenvalue weighted by Gasteiger charge is -2.10. The molecule has 0 unspecified atom stereocenters. The van der Waals surface area contributed by atoms with Gasteiger partial charge in [0.25, 0.3) is 0 Å². The predicted molar refractivity (Wildman–Crippen MR) is 69.5 cm³/mol. The van der Waals surface area contributed by atoms with Gasteiger partial charge in [-0.3, -0.25) is 0 Å². The predicted octanol–water partition coefficient (Wildman–Crippen LogP) is 3.10. The van der Waals surface area contributed by atoms with E-state index in [-0.39, 0.29) is 0 Å². The maximum absolute atomic E-state index is 3.50. The Kier molecular flexibility index (Phi) is 4.38. The van der Waals surface area contributed by atoms with Crippen LogP contribution >= 0.6 is 0 Å². The molecule has 0 atom stereocenters. The number of nitrogens with one attached hydrogen (secondary N) is 1. The number of hydrogen-bond acceptors (Lipinski definition) is 1. The van der Waals surface area contributed by atoms with Gasteiger partial charge in [0.15, 0.2) is 0 Å². The van der Waals surface area contributed by atoms with Crippen molar-refractivity contribution in [2.24, 2.45) is 0 Å². The number of benzene rings is 1. The van der Waals surface area contributed by atoms with Gasteiger partial charge in [-0.1, -0.05) is 54.1 Å². The van der Waals surface area contributed by atoms with Gasteiger partial charge in [0.2, 0.25) is 0 Å². The molecule has 0 spiro atoms. The summed E-state index contributed by atoms with van der Waals surface area (Å²) in [4.78, 5) is 0. The van der Waals surface area contributed by atoms with Crippen LogP contribution in [-0.2, 0) is 6.42 Å². The van der Waals surface area contributed by atoms with Gasteiger partial charge in [-0.05, 0) is 31.4 Å². The molecular formula is C15H19N. The van der Waals surface area contributed by atoms with Crippen LogP contribution in [0.2, 0.25) is 0 Å². The first kappa shape index (κ1) is 11.2. The molecule has 1 aliphatic rings. The quantitative estimate of drug-likeness (QED) is 0.741. The van der Waals surface area contributed by atoms with Crippen LogP contribution in [0.15, 0.2) is 54.1 Å². The summed E-state index contributed by atoms with van der Waals surface area (Å²) in [7, 11) is 0. The first-order chi connectivity index (χ1) is 7.95. The van der Waals surface area contributed by atoms with Gasteiger partial charge in [0.1, 0.15) is 0 Å². The van der Waals surface area contributed by atoms with Crippen LogP contribution in [0.1, 0.15) is 18.4 Å². The summed E-state index contributed by atoms with van der Waals surface area (Å²) in [6.07, 6.45) is 10.2. The van der Waals surface area contributed by atoms with Crippen molar-refractivity contribution in [3.05, 3.63) is 59.7 Å². The molecule has 1 N–H and O–H groups in total. The Hall–Kier alpha value is -1.34. The smallest absolute Gasteiger partial charge is 0.0167 e. The van der Waals surface area contributed by atoms with Gasteiger partial charge in [0, 0.05) is 6.54 Å². The van der Waals surface area contributed by atoms with Gasteiger partial charge in [0.05, 0.1) is 0 Å². The van der Waals surface area contributed by atoms with Crippen LogP contribution in [0.4, 0.5) is 0 Å². The first-order valence-corrected chi connectivity index (χ1v) is 6.04. The van der Waals surface area contributed by atoms with Gasteiger partial charge >= 0.3 is 0 Å². The van der Waals surface area contributed by atoms with E-state index in [1.54, 1.807) is 0 Å². The van der Waals surface area contributed by atoms with Gasteiger partial charge in [-0.25, -0.2) is 0 Å². The summed E-state index contributed by atoms with van der Waals surface area (Å²) < 4.78 is 0. The van der Waals surface area contributed by atoms with Crippen molar-refractivity contribution in [3.8, 4) is 0 Å². The minimum atomic E-state index is 1.04. The van der Waals surface area contributed by atoms with Gasteiger partial charge in [-0.15, -0.1) is 0 Å². The van der Waals surface area contributed by atoms with Crippen LogP contribution in [0.3, 0.4) is 0 Å². The Labute approximate surface area is 97.9 Å². The van der Waals surface area contributed by atoms with E-state index < -0.39 is 0 Å². The number of hydrogen-bond donors (Lipinski definition) is 1. The molecule has 0 heterocycles. The highest BCUT2D eigenvalue weighted by Crippen LogP contribution is 2.10. The molecule has 0 amide bonds. The summed E-state index contributed by atoms with van der Waals surface area (Å²) in [5.74, 6) is 0. The highest BCUT2D eigenvalue weighted by Gasteiger charge is 1.98. The van der Waals surface area contributed by atoms with Gasteiger partial charge < -0.3 is 5.32 Å². The van der Waals surface area contributed by atoms with Crippen molar-refractivity contribution in [3.63, 3.8) is 0 Å². The van der Waals surface area contributed by atoms with E-state index in [1.165, 1.54) is 24.0 Å². The van der Waals surface area contributed by atoms with Crippen molar-refractivity contribution in [1.29, 1.82) is 0 Å². The van der Waals surface area contributed by atoms with E-state index in [4.69, 9.17) is 0 Å². The van der Waals surface area contributed by atoms with Crippen LogP contribution < -0.4 is 5.32 Å². The zero-order valence-corrected chi connectivity index (χ0v) is 9.65. The largest absolute Gasteiger partial charge is 0.313 e. The Morgan fingerprint density at radius 2 is 2.00 bits per heavy atom. The zero-order valence-electron chi connectivity index (χ0n) is 9.65. The minimum absolute atomic E-state index is 1.04. The molecule has 1 heteroatoms. The Balaban J connectivity index is 1.65. The topological polar surface area (TPSA) is 12.0 Å². The second kappa shape index (κ2) is 6.29. The molecule has 0 saturated carbocycles. The lowest BCUT2D eigenvalue weighted by Crippen LogP contribution is -2.20. The second-order valence-corrected chi connectivity index (χ2v) is 4.20. The molecule has 1 aliphatic carbocycles. The average molecular weight is 213 g/mol. The molecule has 0 aromatic heterocycles. The molecule has 2 rings (SSSR count). The Bertz CT molecular complexity index is 362. The van der Waals surface area contributed by atoms with E-state index in [9.17, 15) is 0 Å². The summed E-state index contributed by atoms with van der Waals surface area (Å²) in [5.41, 5.74) is 2.93. The molecule has 1 nitrogen and oxygen atoms in total. The van der Waals surface area contributed by atoms with E-state index in [0.717, 1.165) is 19.5 Å². The standard InChI is InChI=1S/C15H19N/c1-3-7-14(8-4-1)11-12-16-13-15-9-5-2-6-10-15/h1-5,7-9,16H,6,10-13H2. The van der Waals surface area contributed by atoms with E-state index in [0.29, 0.717) is 0 Å². The van der Waals surface area contributed by atoms with Crippen molar-refractivity contribution in [2.75, 3.05) is 13.1 Å². The maximum Gasteiger partial charge on any atom is 0.0167 e. The van der Waals surface area contributed by atoms with Crippen LogP contribution in [-0.4, -0.2) is 13.1 Å². The van der Waals surface area contributed by atoms with Crippen LogP contribution in [0, 0.1) is 0 Å². The summed E-state index contributed by atoms with van der Waals surface area (Å²) in [6.45, 7) is 2.10. The second-order valence-electron chi connectivity index (χ2n) is 4.20. The zero-order chi connectivity index (χ0) is 11.1. The fourth-order valence-corrected chi connectivity index (χ4v) is 1.93. The van der Waals surface area contributed by atoms with Crippen LogP contribution in [0.5, 0.6) is 0 Å². The molecule has 0 aliphatic heterocycles. The number of allylic oxidation sites excluding steroid dienone is 3. The summed E-state index contributed by atoms with van der Waals surface area (Å²) in [6, 6.07) is 10.6. The highest BCUT2D eigenvalue weighted by molar-refractivity contribution is 5.19. The van der Waals surface area contributed by atoms with Crippen LogP contribution in [0.25, 0.3) is 0 Å². The summed E-state index contributed by atoms with van der Waals surface area (Å²) >= 11 is 0. The fraction of sp³-hybridized carbons (Fsp3) is 0.333. The molecule has 0 radical (unpaired) electrons. The average Bonchev–Trinajstić information content (AvgIpc) is 2.37. The maximum atomic E-state index is 3.50. The van der Waals surface area contributed by atoms with Crippen molar-refractivity contribution in [1.82, 2.24) is 5.32 Å². The monoisotopic (exact) mass is 213 g/mol.